The molecule has 0 N–H and O–H groups in total. The first-order chi connectivity index (χ1) is 28.3. The molecule has 6 nitrogen and oxygen atoms in total. The maximum atomic E-state index is 6.36. The van der Waals surface area contributed by atoms with E-state index in [1.807, 2.05) is 36.4 Å². The molecule has 0 fully saturated rings. The third kappa shape index (κ3) is 4.81. The van der Waals surface area contributed by atoms with E-state index >= 15 is 0 Å². The SMILES string of the molecule is c1ccc(-c2cccc(-c3nc(-c4cccc5oc6ccccc6c45)nc(-n4c5ccccc5c5ccc6c(c7ccccc7n6-c6ccccc6)c54)n3)c2)cc1. The second kappa shape index (κ2) is 12.3. The van der Waals surface area contributed by atoms with Crippen LogP contribution >= 0.6 is 0 Å². The Hall–Kier alpha value is -7.83. The third-order valence-electron chi connectivity index (χ3n) is 11.2. The molecule has 0 unspecified atom stereocenters. The summed E-state index contributed by atoms with van der Waals surface area (Å²) >= 11 is 0. The van der Waals surface area contributed by atoms with Crippen molar-refractivity contribution in [2.75, 3.05) is 0 Å². The minimum absolute atomic E-state index is 0.542. The first-order valence-corrected chi connectivity index (χ1v) is 19.1. The topological polar surface area (TPSA) is 61.7 Å². The summed E-state index contributed by atoms with van der Waals surface area (Å²) in [5.74, 6) is 1.70. The molecule has 6 heteroatoms. The van der Waals surface area contributed by atoms with Crippen LogP contribution in [0.15, 0.2) is 192 Å². The third-order valence-corrected chi connectivity index (χ3v) is 11.2. The van der Waals surface area contributed by atoms with E-state index in [9.17, 15) is 0 Å². The van der Waals surface area contributed by atoms with Gasteiger partial charge in [0.1, 0.15) is 11.2 Å². The summed E-state index contributed by atoms with van der Waals surface area (Å²) in [7, 11) is 0. The fraction of sp³-hybridized carbons (Fsp3) is 0. The Morgan fingerprint density at radius 1 is 0.368 bits per heavy atom. The molecule has 0 bridgehead atoms. The Bertz CT molecular complexity index is 3520. The predicted molar refractivity (Wildman–Crippen MR) is 232 cm³/mol. The van der Waals surface area contributed by atoms with Gasteiger partial charge in [-0.05, 0) is 59.7 Å². The number of benzene rings is 8. The van der Waals surface area contributed by atoms with Gasteiger partial charge in [0, 0.05) is 49.1 Å². The van der Waals surface area contributed by atoms with Gasteiger partial charge in [-0.25, -0.2) is 4.98 Å². The van der Waals surface area contributed by atoms with Gasteiger partial charge < -0.3 is 8.98 Å². The molecule has 0 radical (unpaired) electrons. The predicted octanol–water partition coefficient (Wildman–Crippen LogP) is 13.0. The number of furan rings is 1. The number of para-hydroxylation sites is 4. The van der Waals surface area contributed by atoms with Gasteiger partial charge in [0.15, 0.2) is 11.6 Å². The van der Waals surface area contributed by atoms with Crippen LogP contribution in [0.4, 0.5) is 0 Å². The molecule has 0 aliphatic carbocycles. The van der Waals surface area contributed by atoms with Crippen LogP contribution in [0, 0.1) is 0 Å². The van der Waals surface area contributed by atoms with Crippen LogP contribution in [0.3, 0.4) is 0 Å². The number of hydrogen-bond donors (Lipinski definition) is 0. The molecule has 0 saturated heterocycles. The highest BCUT2D eigenvalue weighted by molar-refractivity contribution is 6.26. The van der Waals surface area contributed by atoms with Crippen LogP contribution < -0.4 is 0 Å². The molecule has 4 heterocycles. The lowest BCUT2D eigenvalue weighted by Crippen LogP contribution is -2.07. The zero-order valence-corrected chi connectivity index (χ0v) is 30.5. The quantitative estimate of drug-likeness (QED) is 0.177. The molecule has 0 amide bonds. The first-order valence-electron chi connectivity index (χ1n) is 19.1. The summed E-state index contributed by atoms with van der Waals surface area (Å²) in [5.41, 5.74) is 11.0. The van der Waals surface area contributed by atoms with E-state index in [0.717, 1.165) is 93.5 Å². The van der Waals surface area contributed by atoms with Gasteiger partial charge in [-0.1, -0.05) is 140 Å². The van der Waals surface area contributed by atoms with Crippen molar-refractivity contribution in [3.05, 3.63) is 188 Å². The lowest BCUT2D eigenvalue weighted by molar-refractivity contribution is 0.669. The highest BCUT2D eigenvalue weighted by atomic mass is 16.3. The zero-order chi connectivity index (χ0) is 37.5. The second-order valence-corrected chi connectivity index (χ2v) is 14.4. The van der Waals surface area contributed by atoms with E-state index in [4.69, 9.17) is 19.4 Å². The molecule has 0 spiro atoms. The smallest absolute Gasteiger partial charge is 0.238 e. The molecule has 0 saturated carbocycles. The van der Waals surface area contributed by atoms with Crippen molar-refractivity contribution >= 4 is 65.6 Å². The van der Waals surface area contributed by atoms with Crippen molar-refractivity contribution in [3.63, 3.8) is 0 Å². The highest BCUT2D eigenvalue weighted by Gasteiger charge is 2.24. The molecular weight excluding hydrogens is 699 g/mol. The molecule has 12 aromatic rings. The number of nitrogens with zero attached hydrogens (tertiary/aromatic N) is 5. The molecule has 0 atom stereocenters. The van der Waals surface area contributed by atoms with E-state index in [2.05, 4.69) is 161 Å². The van der Waals surface area contributed by atoms with Crippen LogP contribution in [0.25, 0.3) is 111 Å². The van der Waals surface area contributed by atoms with E-state index in [0.29, 0.717) is 17.6 Å². The van der Waals surface area contributed by atoms with Gasteiger partial charge in [-0.15, -0.1) is 0 Å². The molecule has 266 valence electrons. The largest absolute Gasteiger partial charge is 0.456 e. The van der Waals surface area contributed by atoms with Crippen molar-refractivity contribution in [1.82, 2.24) is 24.1 Å². The van der Waals surface area contributed by atoms with Gasteiger partial charge in [0.05, 0.1) is 22.1 Å². The highest BCUT2D eigenvalue weighted by Crippen LogP contribution is 2.42. The Labute approximate surface area is 326 Å². The van der Waals surface area contributed by atoms with Gasteiger partial charge in [0.25, 0.3) is 0 Å². The number of rotatable bonds is 5. The summed E-state index contributed by atoms with van der Waals surface area (Å²) in [6.07, 6.45) is 0. The molecule has 12 rings (SSSR count). The number of aromatic nitrogens is 5. The average molecular weight is 730 g/mol. The summed E-state index contributed by atoms with van der Waals surface area (Å²) in [5, 5.41) is 6.55. The fourth-order valence-corrected chi connectivity index (χ4v) is 8.72. The summed E-state index contributed by atoms with van der Waals surface area (Å²) in [6.45, 7) is 0. The fourth-order valence-electron chi connectivity index (χ4n) is 8.72. The van der Waals surface area contributed by atoms with Gasteiger partial charge in [-0.2, -0.15) is 9.97 Å². The minimum atomic E-state index is 0.542. The Balaban J connectivity index is 1.21. The van der Waals surface area contributed by atoms with Crippen molar-refractivity contribution in [2.45, 2.75) is 0 Å². The van der Waals surface area contributed by atoms with Crippen LogP contribution in [0.1, 0.15) is 0 Å². The van der Waals surface area contributed by atoms with Crippen LogP contribution in [-0.4, -0.2) is 24.1 Å². The first kappa shape index (κ1) is 31.5. The molecule has 4 aromatic heterocycles. The lowest BCUT2D eigenvalue weighted by Gasteiger charge is -2.13. The maximum Gasteiger partial charge on any atom is 0.238 e. The maximum absolute atomic E-state index is 6.36. The van der Waals surface area contributed by atoms with Crippen molar-refractivity contribution in [3.8, 4) is 45.5 Å². The molecular formula is C51H31N5O. The molecule has 8 aromatic carbocycles. The standard InChI is InChI=1S/C51H31N5O/c1-3-15-32(16-4-1)33-17-13-18-34(31-33)49-52-50(40-24-14-28-45-46(40)39-23-9-12-27-44(39)57-45)54-51(53-49)56-41-25-10-7-21-36(41)37-29-30-43-47(48(37)56)38-22-8-11-26-42(38)55(43)35-19-5-2-6-20-35/h1-31H. The summed E-state index contributed by atoms with van der Waals surface area (Å²) in [4.78, 5) is 16.1. The second-order valence-electron chi connectivity index (χ2n) is 14.4. The molecule has 0 aliphatic heterocycles. The van der Waals surface area contributed by atoms with Crippen LogP contribution in [-0.2, 0) is 0 Å². The minimum Gasteiger partial charge on any atom is -0.456 e. The number of hydrogen-bond acceptors (Lipinski definition) is 4. The van der Waals surface area contributed by atoms with Crippen LogP contribution in [0.5, 0.6) is 0 Å². The zero-order valence-electron chi connectivity index (χ0n) is 30.5. The normalized spacial score (nSPS) is 11.9. The van der Waals surface area contributed by atoms with Crippen molar-refractivity contribution in [2.24, 2.45) is 0 Å². The summed E-state index contributed by atoms with van der Waals surface area (Å²) in [6, 6.07) is 65.5. The van der Waals surface area contributed by atoms with Gasteiger partial charge in [0.2, 0.25) is 5.95 Å². The Kier molecular flexibility index (Phi) is 6.83. The van der Waals surface area contributed by atoms with E-state index in [1.54, 1.807) is 0 Å². The Morgan fingerprint density at radius 3 is 1.84 bits per heavy atom. The number of fused-ring (bicyclic) bond motifs is 10. The van der Waals surface area contributed by atoms with E-state index < -0.39 is 0 Å². The average Bonchev–Trinajstić information content (AvgIpc) is 3.95. The lowest BCUT2D eigenvalue weighted by atomic mass is 10.0. The molecule has 0 aliphatic rings. The van der Waals surface area contributed by atoms with Crippen molar-refractivity contribution < 1.29 is 4.42 Å². The summed E-state index contributed by atoms with van der Waals surface area (Å²) < 4.78 is 11.0. The van der Waals surface area contributed by atoms with E-state index in [-0.39, 0.29) is 0 Å². The molecule has 57 heavy (non-hydrogen) atoms. The van der Waals surface area contributed by atoms with Gasteiger partial charge in [-0.3, -0.25) is 4.57 Å². The monoisotopic (exact) mass is 729 g/mol. The van der Waals surface area contributed by atoms with E-state index in [1.165, 1.54) is 0 Å². The Morgan fingerprint density at radius 2 is 1.00 bits per heavy atom. The van der Waals surface area contributed by atoms with Crippen LogP contribution in [0.2, 0.25) is 0 Å². The van der Waals surface area contributed by atoms with Crippen molar-refractivity contribution in [1.29, 1.82) is 0 Å². The van der Waals surface area contributed by atoms with Gasteiger partial charge >= 0.3 is 0 Å².